The van der Waals surface area contributed by atoms with Gasteiger partial charge in [-0.05, 0) is 5.92 Å². The van der Waals surface area contributed by atoms with E-state index >= 15 is 0 Å². The molecule has 0 aromatic carbocycles. The molecule has 4 heteroatoms. The number of carbonyl (C=O) groups is 1. The molecule has 1 rings (SSSR count). The maximum absolute atomic E-state index is 11.8. The number of aromatic nitrogens is 2. The van der Waals surface area contributed by atoms with Crippen LogP contribution in [0.25, 0.3) is 0 Å². The molecule has 2 atom stereocenters. The highest BCUT2D eigenvalue weighted by molar-refractivity contribution is 5.97. The van der Waals surface area contributed by atoms with Crippen LogP contribution in [0.2, 0.25) is 0 Å². The third-order valence-corrected chi connectivity index (χ3v) is 2.60. The number of ketones is 1. The van der Waals surface area contributed by atoms with Gasteiger partial charge in [-0.25, -0.2) is 4.98 Å². The zero-order valence-corrected chi connectivity index (χ0v) is 8.90. The molecule has 0 aliphatic rings. The second kappa shape index (κ2) is 4.37. The molecule has 1 heterocycles. The SMILES string of the molecule is CCC(C)C(N)C(=O)c1nccn1C. The van der Waals surface area contributed by atoms with Gasteiger partial charge in [-0.1, -0.05) is 20.3 Å². The molecule has 0 saturated heterocycles. The summed E-state index contributed by atoms with van der Waals surface area (Å²) in [4.78, 5) is 15.8. The highest BCUT2D eigenvalue weighted by Crippen LogP contribution is 2.10. The van der Waals surface area contributed by atoms with Crippen molar-refractivity contribution in [2.45, 2.75) is 26.3 Å². The smallest absolute Gasteiger partial charge is 0.215 e. The normalized spacial score (nSPS) is 15.1. The number of carbonyl (C=O) groups excluding carboxylic acids is 1. The van der Waals surface area contributed by atoms with Gasteiger partial charge in [-0.3, -0.25) is 4.79 Å². The van der Waals surface area contributed by atoms with Crippen molar-refractivity contribution in [2.24, 2.45) is 18.7 Å². The molecule has 0 amide bonds. The van der Waals surface area contributed by atoms with Crippen LogP contribution in [0, 0.1) is 5.92 Å². The van der Waals surface area contributed by atoms with E-state index in [1.807, 2.05) is 13.8 Å². The molecule has 0 aliphatic carbocycles. The van der Waals surface area contributed by atoms with Gasteiger partial charge in [0, 0.05) is 19.4 Å². The quantitative estimate of drug-likeness (QED) is 0.728. The summed E-state index contributed by atoms with van der Waals surface area (Å²) in [6, 6.07) is -0.443. The Hall–Kier alpha value is -1.16. The molecule has 0 radical (unpaired) electrons. The minimum absolute atomic E-state index is 0.0770. The minimum atomic E-state index is -0.443. The first-order chi connectivity index (χ1) is 6.57. The molecule has 14 heavy (non-hydrogen) atoms. The molecule has 2 unspecified atom stereocenters. The third-order valence-electron chi connectivity index (χ3n) is 2.60. The summed E-state index contributed by atoms with van der Waals surface area (Å²) in [5, 5.41) is 0. The Kier molecular flexibility index (Phi) is 3.41. The van der Waals surface area contributed by atoms with E-state index in [2.05, 4.69) is 4.98 Å². The van der Waals surface area contributed by atoms with Gasteiger partial charge in [-0.2, -0.15) is 0 Å². The molecule has 0 bridgehead atoms. The lowest BCUT2D eigenvalue weighted by Crippen LogP contribution is -2.37. The van der Waals surface area contributed by atoms with Gasteiger partial charge < -0.3 is 10.3 Å². The molecule has 0 aliphatic heterocycles. The zero-order valence-electron chi connectivity index (χ0n) is 8.90. The van der Waals surface area contributed by atoms with Crippen LogP contribution in [-0.4, -0.2) is 21.4 Å². The van der Waals surface area contributed by atoms with E-state index in [1.165, 1.54) is 0 Å². The number of nitrogens with zero attached hydrogens (tertiary/aromatic N) is 2. The van der Waals surface area contributed by atoms with Crippen molar-refractivity contribution in [1.82, 2.24) is 9.55 Å². The van der Waals surface area contributed by atoms with Gasteiger partial charge in [-0.15, -0.1) is 0 Å². The van der Waals surface area contributed by atoms with E-state index in [4.69, 9.17) is 5.73 Å². The molecule has 2 N–H and O–H groups in total. The summed E-state index contributed by atoms with van der Waals surface area (Å²) in [5.41, 5.74) is 5.83. The van der Waals surface area contributed by atoms with Crippen molar-refractivity contribution in [3.8, 4) is 0 Å². The predicted octanol–water partition coefficient (Wildman–Crippen LogP) is 0.976. The maximum Gasteiger partial charge on any atom is 0.215 e. The number of aryl methyl sites for hydroxylation is 1. The molecular formula is C10H17N3O. The monoisotopic (exact) mass is 195 g/mol. The van der Waals surface area contributed by atoms with Crippen LogP contribution in [-0.2, 0) is 7.05 Å². The Morgan fingerprint density at radius 2 is 2.36 bits per heavy atom. The van der Waals surface area contributed by atoms with E-state index in [0.717, 1.165) is 6.42 Å². The first kappa shape index (κ1) is 10.9. The van der Waals surface area contributed by atoms with Gasteiger partial charge in [0.2, 0.25) is 5.78 Å². The van der Waals surface area contributed by atoms with Gasteiger partial charge in [0.1, 0.15) is 0 Å². The number of rotatable bonds is 4. The highest BCUT2D eigenvalue weighted by atomic mass is 16.1. The summed E-state index contributed by atoms with van der Waals surface area (Å²) < 4.78 is 1.70. The van der Waals surface area contributed by atoms with E-state index in [-0.39, 0.29) is 11.7 Å². The lowest BCUT2D eigenvalue weighted by molar-refractivity contribution is 0.0921. The third kappa shape index (κ3) is 2.01. The van der Waals surface area contributed by atoms with Crippen molar-refractivity contribution in [3.05, 3.63) is 18.2 Å². The lowest BCUT2D eigenvalue weighted by Gasteiger charge is -2.16. The summed E-state index contributed by atoms with van der Waals surface area (Å²) in [6.45, 7) is 4.00. The van der Waals surface area contributed by atoms with Crippen molar-refractivity contribution in [3.63, 3.8) is 0 Å². The van der Waals surface area contributed by atoms with E-state index < -0.39 is 6.04 Å². The Morgan fingerprint density at radius 3 is 2.79 bits per heavy atom. The Labute approximate surface area is 84.1 Å². The van der Waals surface area contributed by atoms with Crippen LogP contribution < -0.4 is 5.73 Å². The number of hydrogen-bond donors (Lipinski definition) is 1. The summed E-state index contributed by atoms with van der Waals surface area (Å²) in [6.07, 6.45) is 4.25. The van der Waals surface area contributed by atoms with Gasteiger partial charge >= 0.3 is 0 Å². The fourth-order valence-corrected chi connectivity index (χ4v) is 1.26. The van der Waals surface area contributed by atoms with E-state index in [1.54, 1.807) is 24.0 Å². The zero-order chi connectivity index (χ0) is 10.7. The Balaban J connectivity index is 2.81. The van der Waals surface area contributed by atoms with Gasteiger partial charge in [0.25, 0.3) is 0 Å². The number of imidazole rings is 1. The number of Topliss-reactive ketones (excluding diaryl/α,β-unsaturated/α-hetero) is 1. The van der Waals surface area contributed by atoms with Crippen LogP contribution in [0.5, 0.6) is 0 Å². The molecule has 1 aromatic heterocycles. The molecule has 4 nitrogen and oxygen atoms in total. The Bertz CT molecular complexity index is 319. The lowest BCUT2D eigenvalue weighted by atomic mass is 9.96. The molecule has 78 valence electrons. The standard InChI is InChI=1S/C10H17N3O/c1-4-7(2)8(11)9(14)10-12-5-6-13(10)3/h5-8H,4,11H2,1-3H3. The number of hydrogen-bond acceptors (Lipinski definition) is 3. The van der Waals surface area contributed by atoms with Crippen LogP contribution in [0.4, 0.5) is 0 Å². The number of nitrogens with two attached hydrogens (primary N) is 1. The summed E-state index contributed by atoms with van der Waals surface area (Å²) in [5.74, 6) is 0.559. The van der Waals surface area contributed by atoms with E-state index in [9.17, 15) is 4.79 Å². The van der Waals surface area contributed by atoms with Gasteiger partial charge in [0.15, 0.2) is 5.82 Å². The maximum atomic E-state index is 11.8. The fourth-order valence-electron chi connectivity index (χ4n) is 1.26. The first-order valence-corrected chi connectivity index (χ1v) is 4.85. The molecular weight excluding hydrogens is 178 g/mol. The van der Waals surface area contributed by atoms with Gasteiger partial charge in [0.05, 0.1) is 6.04 Å². The molecule has 1 aromatic rings. The largest absolute Gasteiger partial charge is 0.332 e. The average molecular weight is 195 g/mol. The minimum Gasteiger partial charge on any atom is -0.332 e. The molecule has 0 saturated carbocycles. The van der Waals surface area contributed by atoms with Crippen LogP contribution in [0.15, 0.2) is 12.4 Å². The van der Waals surface area contributed by atoms with Crippen LogP contribution in [0.1, 0.15) is 30.9 Å². The average Bonchev–Trinajstić information content (AvgIpc) is 2.61. The molecule has 0 spiro atoms. The fraction of sp³-hybridized carbons (Fsp3) is 0.600. The van der Waals surface area contributed by atoms with Crippen LogP contribution >= 0.6 is 0 Å². The second-order valence-electron chi connectivity index (χ2n) is 3.64. The topological polar surface area (TPSA) is 60.9 Å². The summed E-state index contributed by atoms with van der Waals surface area (Å²) >= 11 is 0. The first-order valence-electron chi connectivity index (χ1n) is 4.85. The predicted molar refractivity (Wildman–Crippen MR) is 55.0 cm³/mol. The van der Waals surface area contributed by atoms with Crippen molar-refractivity contribution < 1.29 is 4.79 Å². The van der Waals surface area contributed by atoms with Crippen molar-refractivity contribution in [2.75, 3.05) is 0 Å². The second-order valence-corrected chi connectivity index (χ2v) is 3.64. The summed E-state index contributed by atoms with van der Waals surface area (Å²) in [7, 11) is 1.80. The van der Waals surface area contributed by atoms with Crippen molar-refractivity contribution in [1.29, 1.82) is 0 Å². The van der Waals surface area contributed by atoms with Crippen LogP contribution in [0.3, 0.4) is 0 Å². The van der Waals surface area contributed by atoms with E-state index in [0.29, 0.717) is 5.82 Å². The Morgan fingerprint density at radius 1 is 1.71 bits per heavy atom. The highest BCUT2D eigenvalue weighted by Gasteiger charge is 2.23. The molecule has 0 fully saturated rings. The van der Waals surface area contributed by atoms with Crippen molar-refractivity contribution >= 4 is 5.78 Å².